The molecule has 3 aromatic rings. The Labute approximate surface area is 127 Å². The maximum atomic E-state index is 12.2. The molecule has 0 aliphatic carbocycles. The van der Waals surface area contributed by atoms with Crippen LogP contribution in [0.3, 0.4) is 0 Å². The van der Waals surface area contributed by atoms with E-state index >= 15 is 0 Å². The average molecular weight is 297 g/mol. The van der Waals surface area contributed by atoms with Crippen molar-refractivity contribution in [1.82, 2.24) is 15.0 Å². The van der Waals surface area contributed by atoms with Gasteiger partial charge in [-0.3, -0.25) is 0 Å². The highest BCUT2D eigenvalue weighted by Crippen LogP contribution is 2.19. The van der Waals surface area contributed by atoms with Gasteiger partial charge in [0.25, 0.3) is 0 Å². The van der Waals surface area contributed by atoms with Gasteiger partial charge in [-0.05, 0) is 49.4 Å². The molecule has 0 fully saturated rings. The number of ether oxygens (including phenoxy) is 2. The standard InChI is InChI=1S/C16H15N3O3/c1-3-19-15-9-4-11(10-14(15)17-18-19)16(20)22-13-7-5-12(21-2)6-8-13/h4-10H,3H2,1-2H3. The second-order valence-electron chi connectivity index (χ2n) is 4.67. The van der Waals surface area contributed by atoms with Crippen LogP contribution >= 0.6 is 0 Å². The van der Waals surface area contributed by atoms with E-state index in [-0.39, 0.29) is 0 Å². The van der Waals surface area contributed by atoms with Crippen molar-refractivity contribution in [3.05, 3.63) is 48.0 Å². The van der Waals surface area contributed by atoms with E-state index in [2.05, 4.69) is 10.3 Å². The molecule has 0 amide bonds. The van der Waals surface area contributed by atoms with E-state index in [0.29, 0.717) is 22.6 Å². The number of fused-ring (bicyclic) bond motifs is 1. The molecule has 3 rings (SSSR count). The zero-order valence-corrected chi connectivity index (χ0v) is 12.3. The van der Waals surface area contributed by atoms with E-state index in [1.165, 1.54) is 0 Å². The minimum Gasteiger partial charge on any atom is -0.497 e. The van der Waals surface area contributed by atoms with Crippen LogP contribution in [0, 0.1) is 0 Å². The largest absolute Gasteiger partial charge is 0.497 e. The van der Waals surface area contributed by atoms with Gasteiger partial charge in [0.15, 0.2) is 0 Å². The van der Waals surface area contributed by atoms with Crippen molar-refractivity contribution in [1.29, 1.82) is 0 Å². The molecule has 6 nitrogen and oxygen atoms in total. The Hall–Kier alpha value is -2.89. The van der Waals surface area contributed by atoms with Crippen LogP contribution in [0.25, 0.3) is 11.0 Å². The first-order chi connectivity index (χ1) is 10.7. The van der Waals surface area contributed by atoms with Crippen molar-refractivity contribution in [3.8, 4) is 11.5 Å². The summed E-state index contributed by atoms with van der Waals surface area (Å²) in [6.45, 7) is 2.71. The molecule has 1 heterocycles. The molecule has 112 valence electrons. The summed E-state index contributed by atoms with van der Waals surface area (Å²) >= 11 is 0. The molecule has 2 aromatic carbocycles. The van der Waals surface area contributed by atoms with Gasteiger partial charge in [0, 0.05) is 6.54 Å². The van der Waals surface area contributed by atoms with Gasteiger partial charge in [-0.15, -0.1) is 5.10 Å². The molecule has 0 spiro atoms. The highest BCUT2D eigenvalue weighted by Gasteiger charge is 2.12. The van der Waals surface area contributed by atoms with Crippen molar-refractivity contribution in [2.75, 3.05) is 7.11 Å². The molecular formula is C16H15N3O3. The first-order valence-electron chi connectivity index (χ1n) is 6.90. The molecular weight excluding hydrogens is 282 g/mol. The molecule has 0 saturated carbocycles. The maximum absolute atomic E-state index is 12.2. The number of esters is 1. The van der Waals surface area contributed by atoms with E-state index in [1.807, 2.05) is 13.0 Å². The smallest absolute Gasteiger partial charge is 0.343 e. The quantitative estimate of drug-likeness (QED) is 0.547. The molecule has 0 N–H and O–H groups in total. The Kier molecular flexibility index (Phi) is 3.74. The summed E-state index contributed by atoms with van der Waals surface area (Å²) in [5.74, 6) is 0.735. The molecule has 0 bridgehead atoms. The van der Waals surface area contributed by atoms with Gasteiger partial charge in [-0.2, -0.15) is 0 Å². The van der Waals surface area contributed by atoms with Crippen LogP contribution in [0.5, 0.6) is 11.5 Å². The lowest BCUT2D eigenvalue weighted by atomic mass is 10.2. The zero-order valence-electron chi connectivity index (χ0n) is 12.3. The Bertz CT molecular complexity index is 809. The van der Waals surface area contributed by atoms with E-state index in [1.54, 1.807) is 48.2 Å². The summed E-state index contributed by atoms with van der Waals surface area (Å²) in [5.41, 5.74) is 2.00. The number of rotatable bonds is 4. The SMILES string of the molecule is CCn1nnc2cc(C(=O)Oc3ccc(OC)cc3)ccc21. The van der Waals surface area contributed by atoms with Crippen LogP contribution in [0.2, 0.25) is 0 Å². The summed E-state index contributed by atoms with van der Waals surface area (Å²) in [7, 11) is 1.58. The molecule has 0 unspecified atom stereocenters. The van der Waals surface area contributed by atoms with Crippen molar-refractivity contribution in [3.63, 3.8) is 0 Å². The molecule has 0 radical (unpaired) electrons. The van der Waals surface area contributed by atoms with Crippen molar-refractivity contribution >= 4 is 17.0 Å². The second kappa shape index (κ2) is 5.85. The fourth-order valence-corrected chi connectivity index (χ4v) is 2.14. The Morgan fingerprint density at radius 3 is 2.55 bits per heavy atom. The third kappa shape index (κ3) is 2.63. The predicted octanol–water partition coefficient (Wildman–Crippen LogP) is 2.68. The van der Waals surface area contributed by atoms with E-state index < -0.39 is 5.97 Å². The van der Waals surface area contributed by atoms with Gasteiger partial charge in [0.2, 0.25) is 0 Å². The number of nitrogens with zero attached hydrogens (tertiary/aromatic N) is 3. The lowest BCUT2D eigenvalue weighted by Crippen LogP contribution is -2.08. The van der Waals surface area contributed by atoms with Crippen LogP contribution in [0.15, 0.2) is 42.5 Å². The van der Waals surface area contributed by atoms with Gasteiger partial charge >= 0.3 is 5.97 Å². The second-order valence-corrected chi connectivity index (χ2v) is 4.67. The number of aromatic nitrogens is 3. The number of benzene rings is 2. The average Bonchev–Trinajstić information content (AvgIpc) is 2.97. The molecule has 0 aliphatic heterocycles. The summed E-state index contributed by atoms with van der Waals surface area (Å²) in [6.07, 6.45) is 0. The highest BCUT2D eigenvalue weighted by molar-refractivity contribution is 5.94. The monoisotopic (exact) mass is 297 g/mol. The van der Waals surface area contributed by atoms with Crippen LogP contribution in [-0.2, 0) is 6.54 Å². The van der Waals surface area contributed by atoms with Crippen LogP contribution in [0.4, 0.5) is 0 Å². The molecule has 6 heteroatoms. The number of hydrogen-bond acceptors (Lipinski definition) is 5. The molecule has 1 aromatic heterocycles. The fraction of sp³-hybridized carbons (Fsp3) is 0.188. The van der Waals surface area contributed by atoms with Crippen LogP contribution in [0.1, 0.15) is 17.3 Å². The zero-order chi connectivity index (χ0) is 15.5. The molecule has 0 saturated heterocycles. The van der Waals surface area contributed by atoms with Gasteiger partial charge in [-0.25, -0.2) is 9.48 Å². The number of carbonyl (C=O) groups is 1. The van der Waals surface area contributed by atoms with Crippen molar-refractivity contribution in [2.24, 2.45) is 0 Å². The molecule has 0 aliphatic rings. The topological polar surface area (TPSA) is 66.2 Å². The number of aryl methyl sites for hydroxylation is 1. The van der Waals surface area contributed by atoms with Gasteiger partial charge in [0.1, 0.15) is 17.0 Å². The Morgan fingerprint density at radius 2 is 1.86 bits per heavy atom. The third-order valence-corrected chi connectivity index (χ3v) is 3.32. The normalized spacial score (nSPS) is 10.6. The number of hydrogen-bond donors (Lipinski definition) is 0. The number of methoxy groups -OCH3 is 1. The first-order valence-corrected chi connectivity index (χ1v) is 6.90. The third-order valence-electron chi connectivity index (χ3n) is 3.32. The van der Waals surface area contributed by atoms with Crippen molar-refractivity contribution in [2.45, 2.75) is 13.5 Å². The summed E-state index contributed by atoms with van der Waals surface area (Å²) in [6, 6.07) is 12.1. The summed E-state index contributed by atoms with van der Waals surface area (Å²) in [4.78, 5) is 12.2. The van der Waals surface area contributed by atoms with Gasteiger partial charge in [0.05, 0.1) is 18.2 Å². The van der Waals surface area contributed by atoms with Crippen LogP contribution < -0.4 is 9.47 Å². The fourth-order valence-electron chi connectivity index (χ4n) is 2.14. The summed E-state index contributed by atoms with van der Waals surface area (Å²) < 4.78 is 12.2. The van der Waals surface area contributed by atoms with E-state index in [4.69, 9.17) is 9.47 Å². The lowest BCUT2D eigenvalue weighted by Gasteiger charge is -2.05. The van der Waals surface area contributed by atoms with E-state index in [0.717, 1.165) is 12.1 Å². The minimum atomic E-state index is -0.432. The van der Waals surface area contributed by atoms with Crippen molar-refractivity contribution < 1.29 is 14.3 Å². The maximum Gasteiger partial charge on any atom is 0.343 e. The Morgan fingerprint density at radius 1 is 1.14 bits per heavy atom. The minimum absolute atomic E-state index is 0.432. The highest BCUT2D eigenvalue weighted by atomic mass is 16.5. The predicted molar refractivity (Wildman–Crippen MR) is 81.2 cm³/mol. The first kappa shape index (κ1) is 14.1. The summed E-state index contributed by atoms with van der Waals surface area (Å²) in [5, 5.41) is 8.07. The van der Waals surface area contributed by atoms with E-state index in [9.17, 15) is 4.79 Å². The lowest BCUT2D eigenvalue weighted by molar-refractivity contribution is 0.0735. The Balaban J connectivity index is 1.82. The molecule has 0 atom stereocenters. The van der Waals surface area contributed by atoms with Crippen LogP contribution in [-0.4, -0.2) is 28.1 Å². The van der Waals surface area contributed by atoms with Gasteiger partial charge in [-0.1, -0.05) is 5.21 Å². The molecule has 22 heavy (non-hydrogen) atoms. The number of carbonyl (C=O) groups excluding carboxylic acids is 1. The van der Waals surface area contributed by atoms with Gasteiger partial charge < -0.3 is 9.47 Å².